The summed E-state index contributed by atoms with van der Waals surface area (Å²) in [5.74, 6) is 6.25. The zero-order valence-corrected chi connectivity index (χ0v) is 22.2. The Bertz CT molecular complexity index is 959. The Labute approximate surface area is 209 Å². The summed E-state index contributed by atoms with van der Waals surface area (Å²) in [5, 5.41) is 0. The van der Waals surface area contributed by atoms with Gasteiger partial charge >= 0.3 is 0 Å². The van der Waals surface area contributed by atoms with Gasteiger partial charge in [-0.25, -0.2) is 0 Å². The van der Waals surface area contributed by atoms with Gasteiger partial charge < -0.3 is 0 Å². The van der Waals surface area contributed by atoms with E-state index < -0.39 is 0 Å². The van der Waals surface area contributed by atoms with Gasteiger partial charge in [0, 0.05) is 10.8 Å². The highest BCUT2D eigenvalue weighted by atomic mass is 14.8. The van der Waals surface area contributed by atoms with Crippen molar-refractivity contribution in [3.63, 3.8) is 0 Å². The Morgan fingerprint density at radius 3 is 2.68 bits per heavy atom. The van der Waals surface area contributed by atoms with E-state index >= 15 is 0 Å². The van der Waals surface area contributed by atoms with Crippen molar-refractivity contribution in [1.82, 2.24) is 0 Å². The van der Waals surface area contributed by atoms with E-state index in [0.717, 1.165) is 41.4 Å². The summed E-state index contributed by atoms with van der Waals surface area (Å²) in [7, 11) is 0. The average Bonchev–Trinajstić information content (AvgIpc) is 3.22. The van der Waals surface area contributed by atoms with Crippen LogP contribution in [0.4, 0.5) is 0 Å². The number of hydrogen-bond acceptors (Lipinski definition) is 0. The Balaban J connectivity index is 1.22. The summed E-state index contributed by atoms with van der Waals surface area (Å²) >= 11 is 0. The standard InChI is InChI=1S/C34H48/c1-23(2)7-8-24-9-11-25(12-10-24)26-13-16-30-29(22-26)28-15-14-27-6-4-5-18-34(27)31(28)17-19-33(34)21-20-32(30,33)3/h11,13,16,20-24,27-31H,4-10,12,14-15,17-19H2,1-3H3/t24?,27?,28?,29?,30-,31?,32?,33?,34?/m1/s1. The SMILES string of the molecule is CC(C)CCC1CC=C(C2=CC3C4CCC5CCCCC56C4CCC64C=CC4(C)[C@@H]3C=C2)CC1. The highest BCUT2D eigenvalue weighted by Crippen LogP contribution is 2.82. The maximum absolute atomic E-state index is 2.85. The predicted molar refractivity (Wildman–Crippen MR) is 143 cm³/mol. The fourth-order valence-corrected chi connectivity index (χ4v) is 11.5. The number of fused-ring (bicyclic) bond motifs is 3. The fraction of sp³-hybridized carbons (Fsp3) is 0.765. The third-order valence-electron chi connectivity index (χ3n) is 13.0. The van der Waals surface area contributed by atoms with Gasteiger partial charge in [0.1, 0.15) is 0 Å². The molecule has 7 aliphatic carbocycles. The normalized spacial score (nSPS) is 50.5. The van der Waals surface area contributed by atoms with E-state index in [1.807, 2.05) is 0 Å². The lowest BCUT2D eigenvalue weighted by atomic mass is 9.38. The molecule has 0 heterocycles. The first-order valence-corrected chi connectivity index (χ1v) is 15.3. The van der Waals surface area contributed by atoms with E-state index in [2.05, 4.69) is 57.2 Å². The Kier molecular flexibility index (Phi) is 5.04. The second-order valence-corrected chi connectivity index (χ2v) is 14.4. The Hall–Kier alpha value is -1.04. The van der Waals surface area contributed by atoms with Crippen molar-refractivity contribution < 1.29 is 0 Å². The van der Waals surface area contributed by atoms with Gasteiger partial charge in [0.25, 0.3) is 0 Å². The monoisotopic (exact) mass is 456 g/mol. The van der Waals surface area contributed by atoms with Crippen LogP contribution in [0, 0.1) is 57.7 Å². The third-order valence-corrected chi connectivity index (χ3v) is 13.0. The molecule has 4 saturated carbocycles. The lowest BCUT2D eigenvalue weighted by Crippen LogP contribution is -2.60. The van der Waals surface area contributed by atoms with Gasteiger partial charge in [-0.1, -0.05) is 76.5 Å². The molecule has 0 aliphatic heterocycles. The lowest BCUT2D eigenvalue weighted by molar-refractivity contribution is -0.122. The van der Waals surface area contributed by atoms with E-state index in [9.17, 15) is 0 Å². The smallest absolute Gasteiger partial charge is 0.00379 e. The molecule has 8 unspecified atom stereocenters. The molecule has 0 heteroatoms. The van der Waals surface area contributed by atoms with E-state index in [4.69, 9.17) is 0 Å². The van der Waals surface area contributed by atoms with E-state index in [1.165, 1.54) is 77.0 Å². The van der Waals surface area contributed by atoms with Crippen LogP contribution in [-0.2, 0) is 0 Å². The number of rotatable bonds is 4. The summed E-state index contributed by atoms with van der Waals surface area (Å²) in [6, 6.07) is 0. The third kappa shape index (κ3) is 2.73. The van der Waals surface area contributed by atoms with Crippen LogP contribution >= 0.6 is 0 Å². The highest BCUT2D eigenvalue weighted by Gasteiger charge is 2.76. The summed E-state index contributed by atoms with van der Waals surface area (Å²) in [6.07, 6.45) is 35.3. The van der Waals surface area contributed by atoms with Crippen LogP contribution in [0.3, 0.4) is 0 Å². The quantitative estimate of drug-likeness (QED) is 0.369. The molecule has 4 fully saturated rings. The molecular formula is C34H48. The number of allylic oxidation sites excluding steroid dienone is 8. The van der Waals surface area contributed by atoms with Crippen molar-refractivity contribution in [2.24, 2.45) is 57.7 Å². The van der Waals surface area contributed by atoms with Gasteiger partial charge in [0.05, 0.1) is 0 Å². The zero-order valence-electron chi connectivity index (χ0n) is 22.2. The maximum atomic E-state index is 2.85. The molecule has 0 aromatic rings. The van der Waals surface area contributed by atoms with Crippen molar-refractivity contribution >= 4 is 0 Å². The van der Waals surface area contributed by atoms with E-state index in [0.29, 0.717) is 16.2 Å². The molecule has 34 heavy (non-hydrogen) atoms. The zero-order chi connectivity index (χ0) is 23.1. The average molecular weight is 457 g/mol. The van der Waals surface area contributed by atoms with Gasteiger partial charge in [-0.2, -0.15) is 0 Å². The van der Waals surface area contributed by atoms with Gasteiger partial charge in [0.15, 0.2) is 0 Å². The first kappa shape index (κ1) is 22.2. The summed E-state index contributed by atoms with van der Waals surface area (Å²) in [5.41, 5.74) is 4.86. The fourth-order valence-electron chi connectivity index (χ4n) is 11.5. The Morgan fingerprint density at radius 2 is 1.91 bits per heavy atom. The molecule has 0 radical (unpaired) electrons. The van der Waals surface area contributed by atoms with Gasteiger partial charge in [-0.15, -0.1) is 0 Å². The van der Waals surface area contributed by atoms with Crippen LogP contribution in [0.2, 0.25) is 0 Å². The molecule has 2 spiro atoms. The summed E-state index contributed by atoms with van der Waals surface area (Å²) in [6.45, 7) is 7.46. The molecule has 0 aromatic heterocycles. The summed E-state index contributed by atoms with van der Waals surface area (Å²) < 4.78 is 0. The molecule has 0 aromatic carbocycles. The van der Waals surface area contributed by atoms with Crippen molar-refractivity contribution in [3.05, 3.63) is 47.6 Å². The van der Waals surface area contributed by atoms with Crippen LogP contribution in [0.5, 0.6) is 0 Å². The molecule has 0 amide bonds. The van der Waals surface area contributed by atoms with Crippen molar-refractivity contribution in [2.45, 2.75) is 104 Å². The van der Waals surface area contributed by atoms with Crippen LogP contribution in [0.25, 0.3) is 0 Å². The molecule has 7 rings (SSSR count). The molecule has 9 atom stereocenters. The minimum absolute atomic E-state index is 0.391. The van der Waals surface area contributed by atoms with Crippen molar-refractivity contribution in [1.29, 1.82) is 0 Å². The predicted octanol–water partition coefficient (Wildman–Crippen LogP) is 9.45. The highest BCUT2D eigenvalue weighted by molar-refractivity contribution is 5.48. The van der Waals surface area contributed by atoms with Crippen LogP contribution in [-0.4, -0.2) is 0 Å². The molecule has 4 bridgehead atoms. The summed E-state index contributed by atoms with van der Waals surface area (Å²) in [4.78, 5) is 0. The van der Waals surface area contributed by atoms with Crippen LogP contribution < -0.4 is 0 Å². The molecule has 0 saturated heterocycles. The van der Waals surface area contributed by atoms with Crippen LogP contribution in [0.15, 0.2) is 47.6 Å². The largest absolute Gasteiger partial charge is 0.0805 e. The maximum Gasteiger partial charge on any atom is 0.00379 e. The Morgan fingerprint density at radius 1 is 1.00 bits per heavy atom. The second-order valence-electron chi connectivity index (χ2n) is 14.4. The molecule has 7 aliphatic rings. The van der Waals surface area contributed by atoms with E-state index in [1.54, 1.807) is 17.6 Å². The minimum Gasteiger partial charge on any atom is -0.0805 e. The lowest BCUT2D eigenvalue weighted by Gasteiger charge is -2.66. The first-order chi connectivity index (χ1) is 16.5. The topological polar surface area (TPSA) is 0 Å². The van der Waals surface area contributed by atoms with Crippen molar-refractivity contribution in [3.8, 4) is 0 Å². The minimum atomic E-state index is 0.391. The van der Waals surface area contributed by atoms with Gasteiger partial charge in [0.2, 0.25) is 0 Å². The molecule has 0 N–H and O–H groups in total. The van der Waals surface area contributed by atoms with Crippen LogP contribution in [0.1, 0.15) is 104 Å². The second kappa shape index (κ2) is 7.73. The van der Waals surface area contributed by atoms with E-state index in [-0.39, 0.29) is 0 Å². The molecule has 0 nitrogen and oxygen atoms in total. The van der Waals surface area contributed by atoms with Gasteiger partial charge in [-0.3, -0.25) is 0 Å². The molecular weight excluding hydrogens is 408 g/mol. The first-order valence-electron chi connectivity index (χ1n) is 15.3. The number of hydrogen-bond donors (Lipinski definition) is 0. The molecule has 184 valence electrons. The van der Waals surface area contributed by atoms with Crippen molar-refractivity contribution in [2.75, 3.05) is 0 Å². The van der Waals surface area contributed by atoms with Gasteiger partial charge in [-0.05, 0) is 122 Å².